The Morgan fingerprint density at radius 1 is 1.40 bits per heavy atom. The Morgan fingerprint density at radius 3 is 2.64 bits per heavy atom. The van der Waals surface area contributed by atoms with Crippen molar-refractivity contribution in [1.82, 2.24) is 5.32 Å². The van der Waals surface area contributed by atoms with Gasteiger partial charge >= 0.3 is 6.09 Å². The number of nitrogens with zero attached hydrogens (tertiary/aromatic N) is 1. The highest BCUT2D eigenvalue weighted by atomic mass is 127. The van der Waals surface area contributed by atoms with Crippen LogP contribution >= 0.6 is 24.0 Å². The minimum Gasteiger partial charge on any atom is -0.444 e. The zero-order chi connectivity index (χ0) is 17.7. The van der Waals surface area contributed by atoms with E-state index < -0.39 is 11.7 Å². The number of nitrogens with two attached hydrogens (primary N) is 1. The third-order valence-electron chi connectivity index (χ3n) is 3.64. The summed E-state index contributed by atoms with van der Waals surface area (Å²) >= 11 is 0. The third-order valence-corrected chi connectivity index (χ3v) is 3.64. The summed E-state index contributed by atoms with van der Waals surface area (Å²) in [5, 5.41) is 5.99. The molecule has 0 aromatic heterocycles. The summed E-state index contributed by atoms with van der Waals surface area (Å²) in [6.45, 7) is 8.00. The fourth-order valence-electron chi connectivity index (χ4n) is 2.38. The topological polar surface area (TPSA) is 88.7 Å². The van der Waals surface area contributed by atoms with Crippen LogP contribution in [0.1, 0.15) is 39.2 Å². The van der Waals surface area contributed by atoms with Crippen molar-refractivity contribution in [3.8, 4) is 0 Å². The minimum absolute atomic E-state index is 0. The monoisotopic (exact) mass is 460 g/mol. The molecule has 1 aliphatic rings. The summed E-state index contributed by atoms with van der Waals surface area (Å²) in [5.74, 6) is 0.797. The van der Waals surface area contributed by atoms with E-state index in [0.717, 1.165) is 24.1 Å². The average molecular weight is 460 g/mol. The molecule has 1 aromatic carbocycles. The van der Waals surface area contributed by atoms with E-state index in [0.29, 0.717) is 18.4 Å². The standard InChI is InChI=1S/C18H28N4O2.HI/c1-12-6-5-7-14(10-12)21-16(19)20-11-15(13-8-9-13)22-17(23)24-18(2,3)4;/h5-7,10,13,15H,8-9,11H2,1-4H3,(H,22,23)(H3,19,20,21);1H. The highest BCUT2D eigenvalue weighted by Gasteiger charge is 2.33. The molecule has 0 aliphatic heterocycles. The maximum absolute atomic E-state index is 11.9. The highest BCUT2D eigenvalue weighted by molar-refractivity contribution is 14.0. The molecule has 1 saturated carbocycles. The summed E-state index contributed by atoms with van der Waals surface area (Å²) in [7, 11) is 0. The lowest BCUT2D eigenvalue weighted by atomic mass is 10.2. The number of benzene rings is 1. The maximum Gasteiger partial charge on any atom is 0.407 e. The minimum atomic E-state index is -0.507. The summed E-state index contributed by atoms with van der Waals surface area (Å²) in [6, 6.07) is 7.87. The summed E-state index contributed by atoms with van der Waals surface area (Å²) < 4.78 is 5.32. The number of rotatable bonds is 5. The predicted octanol–water partition coefficient (Wildman–Crippen LogP) is 3.64. The molecule has 25 heavy (non-hydrogen) atoms. The molecule has 0 spiro atoms. The van der Waals surface area contributed by atoms with E-state index in [9.17, 15) is 4.79 Å². The van der Waals surface area contributed by atoms with E-state index in [2.05, 4.69) is 15.6 Å². The molecule has 7 heteroatoms. The number of anilines is 1. The number of ether oxygens (including phenoxy) is 1. The molecule has 0 radical (unpaired) electrons. The van der Waals surface area contributed by atoms with Crippen molar-refractivity contribution >= 4 is 41.7 Å². The van der Waals surface area contributed by atoms with Crippen LogP contribution in [0.4, 0.5) is 10.5 Å². The summed E-state index contributed by atoms with van der Waals surface area (Å²) in [5.41, 5.74) is 7.50. The van der Waals surface area contributed by atoms with Crippen LogP contribution in [0.2, 0.25) is 0 Å². The number of hydrogen-bond donors (Lipinski definition) is 3. The highest BCUT2D eigenvalue weighted by Crippen LogP contribution is 2.33. The third kappa shape index (κ3) is 8.42. The molecule has 1 unspecified atom stereocenters. The van der Waals surface area contributed by atoms with Gasteiger partial charge < -0.3 is 21.1 Å². The van der Waals surface area contributed by atoms with Gasteiger partial charge in [0, 0.05) is 5.69 Å². The first kappa shape index (κ1) is 21.5. The van der Waals surface area contributed by atoms with Crippen LogP contribution in [0.5, 0.6) is 0 Å². The zero-order valence-corrected chi connectivity index (χ0v) is 17.7. The average Bonchev–Trinajstić information content (AvgIpc) is 3.26. The van der Waals surface area contributed by atoms with Crippen molar-refractivity contribution < 1.29 is 9.53 Å². The van der Waals surface area contributed by atoms with Gasteiger partial charge in [0.05, 0.1) is 12.6 Å². The predicted molar refractivity (Wildman–Crippen MR) is 113 cm³/mol. The first-order chi connectivity index (χ1) is 11.2. The number of hydrogen-bond acceptors (Lipinski definition) is 3. The van der Waals surface area contributed by atoms with Crippen molar-refractivity contribution in [2.45, 2.75) is 52.2 Å². The van der Waals surface area contributed by atoms with E-state index in [-0.39, 0.29) is 30.0 Å². The number of halogens is 1. The number of aliphatic imine (C=N–C) groups is 1. The smallest absolute Gasteiger partial charge is 0.407 e. The molecule has 1 aliphatic carbocycles. The van der Waals surface area contributed by atoms with Gasteiger partial charge in [-0.15, -0.1) is 24.0 Å². The van der Waals surface area contributed by atoms with Gasteiger partial charge in [-0.1, -0.05) is 12.1 Å². The normalized spacial score (nSPS) is 15.8. The second kappa shape index (κ2) is 9.26. The molecule has 0 bridgehead atoms. The Kier molecular flexibility index (Phi) is 7.98. The van der Waals surface area contributed by atoms with Gasteiger partial charge in [0.15, 0.2) is 5.96 Å². The molecule has 1 atom stereocenters. The molecular weight excluding hydrogens is 431 g/mol. The van der Waals surface area contributed by atoms with E-state index in [1.807, 2.05) is 52.0 Å². The fraction of sp³-hybridized carbons (Fsp3) is 0.556. The van der Waals surface area contributed by atoms with Crippen LogP contribution in [0.25, 0.3) is 0 Å². The van der Waals surface area contributed by atoms with Crippen LogP contribution in [0.3, 0.4) is 0 Å². The lowest BCUT2D eigenvalue weighted by Gasteiger charge is -2.23. The van der Waals surface area contributed by atoms with Crippen molar-refractivity contribution in [3.63, 3.8) is 0 Å². The van der Waals surface area contributed by atoms with Gasteiger partial charge in [-0.25, -0.2) is 4.79 Å². The first-order valence-electron chi connectivity index (χ1n) is 8.36. The number of carbonyl (C=O) groups is 1. The van der Waals surface area contributed by atoms with Crippen molar-refractivity contribution in [1.29, 1.82) is 0 Å². The Balaban J connectivity index is 0.00000312. The van der Waals surface area contributed by atoms with Crippen LogP contribution in [-0.2, 0) is 4.74 Å². The molecule has 2 rings (SSSR count). The fourth-order valence-corrected chi connectivity index (χ4v) is 2.38. The molecule has 4 N–H and O–H groups in total. The Labute approximate surface area is 167 Å². The van der Waals surface area contributed by atoms with Crippen molar-refractivity contribution in [3.05, 3.63) is 29.8 Å². The lowest BCUT2D eigenvalue weighted by molar-refractivity contribution is 0.0500. The van der Waals surface area contributed by atoms with Crippen molar-refractivity contribution in [2.75, 3.05) is 11.9 Å². The zero-order valence-electron chi connectivity index (χ0n) is 15.3. The maximum atomic E-state index is 11.9. The lowest BCUT2D eigenvalue weighted by Crippen LogP contribution is -2.42. The number of carbonyl (C=O) groups excluding carboxylic acids is 1. The summed E-state index contributed by atoms with van der Waals surface area (Å²) in [4.78, 5) is 16.3. The number of nitrogens with one attached hydrogen (secondary N) is 2. The Morgan fingerprint density at radius 2 is 2.08 bits per heavy atom. The van der Waals surface area contributed by atoms with E-state index in [4.69, 9.17) is 10.5 Å². The first-order valence-corrected chi connectivity index (χ1v) is 8.36. The van der Waals surface area contributed by atoms with Gasteiger partial charge in [-0.05, 0) is 64.2 Å². The Hall–Kier alpha value is -1.51. The van der Waals surface area contributed by atoms with Gasteiger partial charge in [-0.2, -0.15) is 0 Å². The van der Waals surface area contributed by atoms with Gasteiger partial charge in [0.1, 0.15) is 5.60 Å². The van der Waals surface area contributed by atoms with E-state index in [1.165, 1.54) is 0 Å². The van der Waals surface area contributed by atoms with Gasteiger partial charge in [0.2, 0.25) is 0 Å². The molecule has 0 heterocycles. The quantitative estimate of drug-likeness (QED) is 0.356. The molecule has 6 nitrogen and oxygen atoms in total. The molecule has 1 amide bonds. The molecule has 1 aromatic rings. The summed E-state index contributed by atoms with van der Waals surface area (Å²) in [6.07, 6.45) is 1.79. The van der Waals surface area contributed by atoms with E-state index in [1.54, 1.807) is 0 Å². The number of amides is 1. The van der Waals surface area contributed by atoms with E-state index >= 15 is 0 Å². The van der Waals surface area contributed by atoms with Crippen LogP contribution < -0.4 is 16.4 Å². The van der Waals surface area contributed by atoms with Crippen molar-refractivity contribution in [2.24, 2.45) is 16.6 Å². The molecule has 1 fully saturated rings. The van der Waals surface area contributed by atoms with Crippen LogP contribution in [-0.4, -0.2) is 30.2 Å². The number of aryl methyl sites for hydroxylation is 1. The molecular formula is C18H29IN4O2. The number of guanidine groups is 1. The molecule has 0 saturated heterocycles. The second-order valence-corrected chi connectivity index (χ2v) is 7.31. The van der Waals surface area contributed by atoms with Gasteiger partial charge in [0.25, 0.3) is 0 Å². The Bertz CT molecular complexity index is 609. The second-order valence-electron chi connectivity index (χ2n) is 7.31. The largest absolute Gasteiger partial charge is 0.444 e. The molecule has 140 valence electrons. The van der Waals surface area contributed by atoms with Crippen LogP contribution in [0.15, 0.2) is 29.3 Å². The SMILES string of the molecule is Cc1cccc(NC(N)=NCC(NC(=O)OC(C)(C)C)C2CC2)c1.I. The number of alkyl carbamates (subject to hydrolysis) is 1. The van der Waals surface area contributed by atoms with Gasteiger partial charge in [-0.3, -0.25) is 4.99 Å². The van der Waals surface area contributed by atoms with Crippen LogP contribution in [0, 0.1) is 12.8 Å².